The summed E-state index contributed by atoms with van der Waals surface area (Å²) in [5.41, 5.74) is 1.96. The van der Waals surface area contributed by atoms with Gasteiger partial charge in [-0.25, -0.2) is 4.98 Å². The molecule has 5 heteroatoms. The number of halogens is 1. The fourth-order valence-corrected chi connectivity index (χ4v) is 3.69. The molecule has 0 fully saturated rings. The number of rotatable bonds is 11. The van der Waals surface area contributed by atoms with E-state index in [1.165, 1.54) is 49.9 Å². The molecular weight excluding hydrogens is 396 g/mol. The van der Waals surface area contributed by atoms with Crippen LogP contribution in [0.25, 0.3) is 11.3 Å². The number of nitrogens with one attached hydrogen (secondary N) is 1. The Morgan fingerprint density at radius 3 is 2.36 bits per heavy atom. The molecule has 0 saturated heterocycles. The van der Waals surface area contributed by atoms with E-state index < -0.39 is 0 Å². The molecule has 2 rings (SSSR count). The Balaban J connectivity index is 1.65. The third-order valence-electron chi connectivity index (χ3n) is 4.15. The lowest BCUT2D eigenvalue weighted by Crippen LogP contribution is -2.10. The quantitative estimate of drug-likeness (QED) is 0.394. The highest BCUT2D eigenvalue weighted by molar-refractivity contribution is 9.10. The Morgan fingerprint density at radius 2 is 1.68 bits per heavy atom. The first-order valence-electron chi connectivity index (χ1n) is 9.20. The van der Waals surface area contributed by atoms with Crippen molar-refractivity contribution < 1.29 is 4.79 Å². The van der Waals surface area contributed by atoms with E-state index in [0.717, 1.165) is 28.6 Å². The molecule has 1 heterocycles. The number of aromatic nitrogens is 1. The summed E-state index contributed by atoms with van der Waals surface area (Å²) in [4.78, 5) is 16.5. The van der Waals surface area contributed by atoms with Gasteiger partial charge in [-0.05, 0) is 18.6 Å². The minimum Gasteiger partial charge on any atom is -0.302 e. The highest BCUT2D eigenvalue weighted by Crippen LogP contribution is 2.26. The predicted molar refractivity (Wildman–Crippen MR) is 111 cm³/mol. The maximum atomic E-state index is 12.0. The molecule has 25 heavy (non-hydrogen) atoms. The topological polar surface area (TPSA) is 42.0 Å². The van der Waals surface area contributed by atoms with E-state index in [1.54, 1.807) is 0 Å². The van der Waals surface area contributed by atoms with Gasteiger partial charge in [0.05, 0.1) is 5.69 Å². The molecule has 0 atom stereocenters. The van der Waals surface area contributed by atoms with Crippen LogP contribution in [-0.2, 0) is 4.79 Å². The molecule has 0 spiro atoms. The number of nitrogens with zero attached hydrogens (tertiary/aromatic N) is 1. The highest BCUT2D eigenvalue weighted by atomic mass is 79.9. The summed E-state index contributed by atoms with van der Waals surface area (Å²) in [5, 5.41) is 5.59. The number of thiazole rings is 1. The van der Waals surface area contributed by atoms with Crippen LogP contribution in [0.1, 0.15) is 64.7 Å². The largest absolute Gasteiger partial charge is 0.302 e. The zero-order valence-corrected chi connectivity index (χ0v) is 17.3. The number of hydrogen-bond acceptors (Lipinski definition) is 3. The molecule has 136 valence electrons. The third-order valence-corrected chi connectivity index (χ3v) is 5.43. The van der Waals surface area contributed by atoms with Gasteiger partial charge in [0, 0.05) is 21.8 Å². The van der Waals surface area contributed by atoms with Crippen LogP contribution in [-0.4, -0.2) is 10.9 Å². The summed E-state index contributed by atoms with van der Waals surface area (Å²) in [6.45, 7) is 2.24. The van der Waals surface area contributed by atoms with Crippen molar-refractivity contribution in [3.05, 3.63) is 34.1 Å². The molecule has 0 aliphatic heterocycles. The molecule has 0 radical (unpaired) electrons. The van der Waals surface area contributed by atoms with Crippen molar-refractivity contribution in [1.82, 2.24) is 4.98 Å². The summed E-state index contributed by atoms with van der Waals surface area (Å²) >= 11 is 4.91. The van der Waals surface area contributed by atoms with E-state index in [2.05, 4.69) is 33.2 Å². The molecule has 1 amide bonds. The van der Waals surface area contributed by atoms with Crippen molar-refractivity contribution in [2.24, 2.45) is 0 Å². The summed E-state index contributed by atoms with van der Waals surface area (Å²) in [7, 11) is 0. The second-order valence-electron chi connectivity index (χ2n) is 6.32. The lowest BCUT2D eigenvalue weighted by atomic mass is 10.1. The summed E-state index contributed by atoms with van der Waals surface area (Å²) in [5.74, 6) is 0.0719. The zero-order chi connectivity index (χ0) is 17.9. The Hall–Kier alpha value is -1.20. The maximum absolute atomic E-state index is 12.0. The Morgan fingerprint density at radius 1 is 1.04 bits per heavy atom. The molecule has 0 unspecified atom stereocenters. The number of unbranched alkanes of at least 4 members (excludes halogenated alkanes) is 7. The number of carbonyl (C=O) groups is 1. The van der Waals surface area contributed by atoms with Crippen LogP contribution in [0.3, 0.4) is 0 Å². The first-order chi connectivity index (χ1) is 12.2. The van der Waals surface area contributed by atoms with Crippen LogP contribution in [0.2, 0.25) is 0 Å². The zero-order valence-electron chi connectivity index (χ0n) is 14.9. The SMILES string of the molecule is CCCCCCCCCCC(=O)Nc1nc(-c2ccc(Br)cc2)cs1. The minimum atomic E-state index is 0.0719. The van der Waals surface area contributed by atoms with Crippen LogP contribution >= 0.6 is 27.3 Å². The van der Waals surface area contributed by atoms with Gasteiger partial charge >= 0.3 is 0 Å². The minimum absolute atomic E-state index is 0.0719. The van der Waals surface area contributed by atoms with Gasteiger partial charge in [0.25, 0.3) is 0 Å². The Kier molecular flexibility index (Phi) is 9.19. The van der Waals surface area contributed by atoms with E-state index in [4.69, 9.17) is 0 Å². The van der Waals surface area contributed by atoms with Crippen LogP contribution < -0.4 is 5.32 Å². The van der Waals surface area contributed by atoms with Gasteiger partial charge in [0.1, 0.15) is 0 Å². The molecule has 2 aromatic rings. The van der Waals surface area contributed by atoms with Gasteiger partial charge in [0.15, 0.2) is 5.13 Å². The fourth-order valence-electron chi connectivity index (χ4n) is 2.69. The standard InChI is InChI=1S/C20H27BrN2OS/c1-2-3-4-5-6-7-8-9-10-19(24)23-20-22-18(15-25-20)16-11-13-17(21)14-12-16/h11-15H,2-10H2,1H3,(H,22,23,24). The summed E-state index contributed by atoms with van der Waals surface area (Å²) in [6, 6.07) is 8.03. The van der Waals surface area contributed by atoms with Crippen molar-refractivity contribution in [1.29, 1.82) is 0 Å². The van der Waals surface area contributed by atoms with Crippen molar-refractivity contribution >= 4 is 38.3 Å². The van der Waals surface area contributed by atoms with E-state index >= 15 is 0 Å². The lowest BCUT2D eigenvalue weighted by Gasteiger charge is -2.03. The molecular formula is C20H27BrN2OS. The molecule has 0 saturated carbocycles. The van der Waals surface area contributed by atoms with Crippen molar-refractivity contribution in [3.8, 4) is 11.3 Å². The first kappa shape index (κ1) is 20.1. The van der Waals surface area contributed by atoms with Gasteiger partial charge in [-0.15, -0.1) is 11.3 Å². The van der Waals surface area contributed by atoms with Crippen molar-refractivity contribution in [2.45, 2.75) is 64.7 Å². The molecule has 0 aliphatic rings. The monoisotopic (exact) mass is 422 g/mol. The normalized spacial score (nSPS) is 10.8. The van der Waals surface area contributed by atoms with Gasteiger partial charge in [-0.2, -0.15) is 0 Å². The van der Waals surface area contributed by atoms with Crippen LogP contribution in [0.5, 0.6) is 0 Å². The van der Waals surface area contributed by atoms with Crippen molar-refractivity contribution in [3.63, 3.8) is 0 Å². The van der Waals surface area contributed by atoms with E-state index in [0.29, 0.717) is 11.6 Å². The molecule has 1 N–H and O–H groups in total. The fraction of sp³-hybridized carbons (Fsp3) is 0.500. The third kappa shape index (κ3) is 7.70. The Bertz CT molecular complexity index is 639. The lowest BCUT2D eigenvalue weighted by molar-refractivity contribution is -0.116. The smallest absolute Gasteiger partial charge is 0.226 e. The molecule has 0 bridgehead atoms. The number of anilines is 1. The average Bonchev–Trinajstić information content (AvgIpc) is 3.06. The van der Waals surface area contributed by atoms with Gasteiger partial charge < -0.3 is 5.32 Å². The van der Waals surface area contributed by atoms with Crippen LogP contribution in [0.4, 0.5) is 5.13 Å². The molecule has 3 nitrogen and oxygen atoms in total. The van der Waals surface area contributed by atoms with E-state index in [-0.39, 0.29) is 5.91 Å². The van der Waals surface area contributed by atoms with Gasteiger partial charge in [-0.1, -0.05) is 79.9 Å². The van der Waals surface area contributed by atoms with E-state index in [9.17, 15) is 4.79 Å². The van der Waals surface area contributed by atoms with Crippen molar-refractivity contribution in [2.75, 3.05) is 5.32 Å². The maximum Gasteiger partial charge on any atom is 0.226 e. The van der Waals surface area contributed by atoms with Crippen LogP contribution in [0.15, 0.2) is 34.1 Å². The second-order valence-corrected chi connectivity index (χ2v) is 8.09. The average molecular weight is 423 g/mol. The Labute approximate surface area is 163 Å². The number of benzene rings is 1. The number of amides is 1. The molecule has 1 aromatic heterocycles. The second kappa shape index (κ2) is 11.4. The van der Waals surface area contributed by atoms with Crippen LogP contribution in [0, 0.1) is 0 Å². The number of carbonyl (C=O) groups excluding carboxylic acids is 1. The predicted octanol–water partition coefficient (Wildman–Crippen LogP) is 7.04. The van der Waals surface area contributed by atoms with Gasteiger partial charge in [-0.3, -0.25) is 4.79 Å². The molecule has 0 aliphatic carbocycles. The summed E-state index contributed by atoms with van der Waals surface area (Å²) < 4.78 is 1.05. The van der Waals surface area contributed by atoms with Gasteiger partial charge in [0.2, 0.25) is 5.91 Å². The highest BCUT2D eigenvalue weighted by Gasteiger charge is 2.08. The van der Waals surface area contributed by atoms with E-state index in [1.807, 2.05) is 29.6 Å². The summed E-state index contributed by atoms with van der Waals surface area (Å²) in [6.07, 6.45) is 10.5. The number of hydrogen-bond donors (Lipinski definition) is 1. The first-order valence-corrected chi connectivity index (χ1v) is 10.9. The molecule has 1 aromatic carbocycles.